The molecule has 1 aromatic rings. The summed E-state index contributed by atoms with van der Waals surface area (Å²) in [6, 6.07) is 4.51. The number of carbonyl (C=O) groups is 2. The molecule has 102 valence electrons. The van der Waals surface area contributed by atoms with Crippen LogP contribution in [0.2, 0.25) is 0 Å². The van der Waals surface area contributed by atoms with Crippen LogP contribution in [0.1, 0.15) is 25.3 Å². The Morgan fingerprint density at radius 3 is 2.21 bits per heavy atom. The number of hydrogen-bond donors (Lipinski definition) is 2. The van der Waals surface area contributed by atoms with Gasteiger partial charge >= 0.3 is 5.97 Å². The molecule has 2 N–H and O–H groups in total. The minimum atomic E-state index is -1.15. The van der Waals surface area contributed by atoms with Gasteiger partial charge in [0.1, 0.15) is 6.04 Å². The van der Waals surface area contributed by atoms with Gasteiger partial charge in [-0.05, 0) is 5.56 Å². The van der Waals surface area contributed by atoms with Gasteiger partial charge in [0.15, 0.2) is 0 Å². The van der Waals surface area contributed by atoms with Gasteiger partial charge < -0.3 is 10.4 Å². The molecule has 7 nitrogen and oxygen atoms in total. The van der Waals surface area contributed by atoms with Gasteiger partial charge in [0.05, 0.1) is 4.92 Å². The van der Waals surface area contributed by atoms with Crippen LogP contribution in [-0.4, -0.2) is 27.9 Å². The summed E-state index contributed by atoms with van der Waals surface area (Å²) in [4.78, 5) is 32.1. The Balaban J connectivity index is 2.96. The number of carboxylic acids is 1. The summed E-state index contributed by atoms with van der Waals surface area (Å²) in [5.41, 5.74) is 0.536. The highest BCUT2D eigenvalue weighted by molar-refractivity contribution is 5.83. The predicted octanol–water partition coefficient (Wildman–Crippen LogP) is 1.29. The van der Waals surface area contributed by atoms with E-state index in [-0.39, 0.29) is 5.69 Å². The maximum atomic E-state index is 11.1. The van der Waals surface area contributed by atoms with Gasteiger partial charge in [-0.25, -0.2) is 4.79 Å². The van der Waals surface area contributed by atoms with Crippen molar-refractivity contribution in [3.05, 3.63) is 39.9 Å². The average molecular weight is 266 g/mol. The monoisotopic (exact) mass is 266 g/mol. The molecule has 0 radical (unpaired) electrons. The number of non-ortho nitro benzene ring substituents is 1. The van der Waals surface area contributed by atoms with E-state index in [0.29, 0.717) is 5.56 Å². The first-order valence-electron chi connectivity index (χ1n) is 5.57. The van der Waals surface area contributed by atoms with E-state index in [0.717, 1.165) is 0 Å². The van der Waals surface area contributed by atoms with Crippen molar-refractivity contribution in [1.29, 1.82) is 0 Å². The van der Waals surface area contributed by atoms with E-state index in [9.17, 15) is 19.7 Å². The highest BCUT2D eigenvalue weighted by Crippen LogP contribution is 2.22. The summed E-state index contributed by atoms with van der Waals surface area (Å²) < 4.78 is 0. The van der Waals surface area contributed by atoms with Crippen molar-refractivity contribution in [2.75, 3.05) is 0 Å². The van der Waals surface area contributed by atoms with E-state index in [1.165, 1.54) is 31.2 Å². The fraction of sp³-hybridized carbons (Fsp3) is 0.333. The molecular formula is C12H14N2O5. The third kappa shape index (κ3) is 3.77. The van der Waals surface area contributed by atoms with Crippen LogP contribution in [0.3, 0.4) is 0 Å². The molecule has 0 aliphatic heterocycles. The molecule has 1 amide bonds. The van der Waals surface area contributed by atoms with Gasteiger partial charge in [0, 0.05) is 25.0 Å². The van der Waals surface area contributed by atoms with Crippen molar-refractivity contribution >= 4 is 17.6 Å². The number of rotatable bonds is 5. The maximum Gasteiger partial charge on any atom is 0.326 e. The quantitative estimate of drug-likeness (QED) is 0.616. The Morgan fingerprint density at radius 1 is 1.32 bits per heavy atom. The largest absolute Gasteiger partial charge is 0.480 e. The predicted molar refractivity (Wildman–Crippen MR) is 66.8 cm³/mol. The molecule has 1 aromatic carbocycles. The second-order valence-corrected chi connectivity index (χ2v) is 4.15. The van der Waals surface area contributed by atoms with Gasteiger partial charge in [-0.15, -0.1) is 0 Å². The number of amides is 1. The summed E-state index contributed by atoms with van der Waals surface area (Å²) in [6.45, 7) is 2.87. The lowest BCUT2D eigenvalue weighted by molar-refractivity contribution is -0.384. The smallest absolute Gasteiger partial charge is 0.326 e. The van der Waals surface area contributed by atoms with E-state index in [1.807, 2.05) is 0 Å². The Labute approximate surface area is 109 Å². The highest BCUT2D eigenvalue weighted by atomic mass is 16.6. The van der Waals surface area contributed by atoms with Gasteiger partial charge in [-0.2, -0.15) is 0 Å². The summed E-state index contributed by atoms with van der Waals surface area (Å²) >= 11 is 0. The van der Waals surface area contributed by atoms with Crippen molar-refractivity contribution in [3.63, 3.8) is 0 Å². The molecule has 0 aliphatic carbocycles. The number of nitrogens with one attached hydrogen (secondary N) is 1. The number of carboxylic acid groups (broad SMARTS) is 1. The third-order valence-corrected chi connectivity index (χ3v) is 2.75. The molecule has 0 saturated carbocycles. The molecule has 0 spiro atoms. The van der Waals surface area contributed by atoms with E-state index < -0.39 is 28.8 Å². The van der Waals surface area contributed by atoms with Gasteiger partial charge in [0.2, 0.25) is 5.91 Å². The lowest BCUT2D eigenvalue weighted by Gasteiger charge is -2.21. The molecule has 0 saturated heterocycles. The molecule has 0 aliphatic rings. The highest BCUT2D eigenvalue weighted by Gasteiger charge is 2.26. The van der Waals surface area contributed by atoms with E-state index in [2.05, 4.69) is 5.32 Å². The first-order chi connectivity index (χ1) is 8.82. The average Bonchev–Trinajstić information content (AvgIpc) is 2.34. The molecule has 0 aromatic heterocycles. The van der Waals surface area contributed by atoms with Crippen molar-refractivity contribution in [1.82, 2.24) is 5.32 Å². The zero-order chi connectivity index (χ0) is 14.6. The Hall–Kier alpha value is -2.44. The molecule has 2 atom stereocenters. The SMILES string of the molecule is CC(=O)N[C@H](C(=O)O)[C@@H](C)c1ccc([N+](=O)[O-])cc1. The second kappa shape index (κ2) is 5.94. The zero-order valence-corrected chi connectivity index (χ0v) is 10.5. The van der Waals surface area contributed by atoms with Crippen LogP contribution >= 0.6 is 0 Å². The van der Waals surface area contributed by atoms with E-state index in [1.54, 1.807) is 6.92 Å². The van der Waals surface area contributed by atoms with E-state index >= 15 is 0 Å². The van der Waals surface area contributed by atoms with Gasteiger partial charge in [-0.1, -0.05) is 19.1 Å². The number of nitrogens with zero attached hydrogens (tertiary/aromatic N) is 1. The van der Waals surface area contributed by atoms with Crippen LogP contribution in [0.5, 0.6) is 0 Å². The Kier molecular flexibility index (Phi) is 4.57. The zero-order valence-electron chi connectivity index (χ0n) is 10.5. The Morgan fingerprint density at radius 2 is 1.84 bits per heavy atom. The number of nitro benzene ring substituents is 1. The second-order valence-electron chi connectivity index (χ2n) is 4.15. The Bertz CT molecular complexity index is 497. The van der Waals surface area contributed by atoms with Crippen molar-refractivity contribution in [2.24, 2.45) is 0 Å². The molecule has 0 heterocycles. The summed E-state index contributed by atoms with van der Waals surface area (Å²) in [5, 5.41) is 21.9. The van der Waals surface area contributed by atoms with Crippen LogP contribution in [0.25, 0.3) is 0 Å². The molecule has 0 bridgehead atoms. The van der Waals surface area contributed by atoms with Gasteiger partial charge in [0.25, 0.3) is 5.69 Å². The van der Waals surface area contributed by atoms with Gasteiger partial charge in [-0.3, -0.25) is 14.9 Å². The third-order valence-electron chi connectivity index (χ3n) is 2.75. The number of aliphatic carboxylic acids is 1. The molecule has 7 heteroatoms. The number of carbonyl (C=O) groups excluding carboxylic acids is 1. The van der Waals surface area contributed by atoms with Crippen LogP contribution < -0.4 is 5.32 Å². The molecule has 0 fully saturated rings. The standard InChI is InChI=1S/C12H14N2O5/c1-7(11(12(16)17)13-8(2)15)9-3-5-10(6-4-9)14(18)19/h3-7,11H,1-2H3,(H,13,15)(H,16,17)/t7-,11-/m0/s1. The fourth-order valence-corrected chi connectivity index (χ4v) is 1.71. The molecular weight excluding hydrogens is 252 g/mol. The van der Waals surface area contributed by atoms with Crippen molar-refractivity contribution < 1.29 is 19.6 Å². The van der Waals surface area contributed by atoms with Crippen LogP contribution in [0.15, 0.2) is 24.3 Å². The minimum Gasteiger partial charge on any atom is -0.480 e. The van der Waals surface area contributed by atoms with Crippen LogP contribution in [-0.2, 0) is 9.59 Å². The summed E-state index contributed by atoms with van der Waals surface area (Å²) in [5.74, 6) is -2.09. The lowest BCUT2D eigenvalue weighted by Crippen LogP contribution is -2.43. The number of nitro groups is 1. The minimum absolute atomic E-state index is 0.0673. The number of benzene rings is 1. The normalized spacial score (nSPS) is 13.4. The molecule has 0 unspecified atom stereocenters. The van der Waals surface area contributed by atoms with Crippen LogP contribution in [0.4, 0.5) is 5.69 Å². The topological polar surface area (TPSA) is 110 Å². The van der Waals surface area contributed by atoms with Crippen LogP contribution in [0, 0.1) is 10.1 Å². The van der Waals surface area contributed by atoms with E-state index in [4.69, 9.17) is 5.11 Å². The van der Waals surface area contributed by atoms with Crippen molar-refractivity contribution in [3.8, 4) is 0 Å². The fourth-order valence-electron chi connectivity index (χ4n) is 1.71. The first kappa shape index (κ1) is 14.6. The molecule has 1 rings (SSSR count). The van der Waals surface area contributed by atoms with Crippen molar-refractivity contribution in [2.45, 2.75) is 25.8 Å². The lowest BCUT2D eigenvalue weighted by atomic mass is 9.93. The first-order valence-corrected chi connectivity index (χ1v) is 5.57. The summed E-state index contributed by atoms with van der Waals surface area (Å²) in [7, 11) is 0. The summed E-state index contributed by atoms with van der Waals surface area (Å²) in [6.07, 6.45) is 0. The maximum absolute atomic E-state index is 11.1. The molecule has 19 heavy (non-hydrogen) atoms. The number of hydrogen-bond acceptors (Lipinski definition) is 4.